The van der Waals surface area contributed by atoms with Crippen LogP contribution < -0.4 is 5.73 Å². The number of rotatable bonds is 2. The molecule has 0 amide bonds. The number of nitrogens with two attached hydrogens (primary N) is 1. The molecular weight excluding hydrogens is 117 g/mol. The Morgan fingerprint density at radius 1 is 1.67 bits per heavy atom. The van der Waals surface area contributed by atoms with Crippen molar-refractivity contribution in [3.05, 3.63) is 11.4 Å². The zero-order chi connectivity index (χ0) is 6.85. The third kappa shape index (κ3) is 1.52. The van der Waals surface area contributed by atoms with Gasteiger partial charge in [0.05, 0.1) is 0 Å². The van der Waals surface area contributed by atoms with Crippen LogP contribution >= 0.6 is 0 Å². The van der Waals surface area contributed by atoms with Gasteiger partial charge in [-0.05, 0) is 31.3 Å². The first-order chi connectivity index (χ1) is 4.25. The smallest absolute Gasteiger partial charge is 0.113 e. The van der Waals surface area contributed by atoms with Crippen molar-refractivity contribution >= 4 is 0 Å². The lowest BCUT2D eigenvalue weighted by molar-refractivity contribution is 0.595. The van der Waals surface area contributed by atoms with E-state index in [4.69, 9.17) is 5.73 Å². The molecule has 0 radical (unpaired) electrons. The van der Waals surface area contributed by atoms with Gasteiger partial charge in [0.1, 0.15) is 5.83 Å². The summed E-state index contributed by atoms with van der Waals surface area (Å²) in [5, 5.41) is 0. The van der Waals surface area contributed by atoms with E-state index in [1.165, 1.54) is 0 Å². The first kappa shape index (κ1) is 6.75. The molecule has 52 valence electrons. The summed E-state index contributed by atoms with van der Waals surface area (Å²) in [5.74, 6) is 0.408. The molecule has 0 bridgehead atoms. The molecule has 1 nitrogen and oxygen atoms in total. The molecule has 2 heteroatoms. The van der Waals surface area contributed by atoms with Crippen LogP contribution in [0.5, 0.6) is 0 Å². The lowest BCUT2D eigenvalue weighted by atomic mass is 10.2. The van der Waals surface area contributed by atoms with Gasteiger partial charge in [-0.2, -0.15) is 0 Å². The van der Waals surface area contributed by atoms with Gasteiger partial charge in [-0.25, -0.2) is 4.39 Å². The zero-order valence-electron chi connectivity index (χ0n) is 5.65. The molecule has 9 heavy (non-hydrogen) atoms. The number of hydrogen-bond acceptors (Lipinski definition) is 1. The lowest BCUT2D eigenvalue weighted by Gasteiger charge is -1.97. The fraction of sp³-hybridized carbons (Fsp3) is 0.714. The van der Waals surface area contributed by atoms with Crippen molar-refractivity contribution in [2.45, 2.75) is 19.8 Å². The predicted octanol–water partition coefficient (Wildman–Crippen LogP) is 1.60. The third-order valence-electron chi connectivity index (χ3n) is 1.80. The van der Waals surface area contributed by atoms with Gasteiger partial charge in [0.25, 0.3) is 0 Å². The Labute approximate surface area is 54.7 Å². The highest BCUT2D eigenvalue weighted by atomic mass is 19.1. The SMILES string of the molecule is C/C(=C(\F)CN)C1CC1. The normalized spacial score (nSPS) is 21.7. The molecule has 1 aliphatic carbocycles. The second-order valence-corrected chi connectivity index (χ2v) is 2.57. The summed E-state index contributed by atoms with van der Waals surface area (Å²) >= 11 is 0. The Morgan fingerprint density at radius 2 is 2.22 bits per heavy atom. The van der Waals surface area contributed by atoms with E-state index in [1.807, 2.05) is 6.92 Å². The van der Waals surface area contributed by atoms with Gasteiger partial charge >= 0.3 is 0 Å². The minimum Gasteiger partial charge on any atom is -0.325 e. The van der Waals surface area contributed by atoms with Crippen molar-refractivity contribution in [2.24, 2.45) is 11.7 Å². The van der Waals surface area contributed by atoms with Crippen molar-refractivity contribution in [1.29, 1.82) is 0 Å². The summed E-state index contributed by atoms with van der Waals surface area (Å²) in [7, 11) is 0. The van der Waals surface area contributed by atoms with Gasteiger partial charge in [-0.3, -0.25) is 0 Å². The van der Waals surface area contributed by atoms with Gasteiger partial charge in [0.2, 0.25) is 0 Å². The van der Waals surface area contributed by atoms with Crippen molar-refractivity contribution < 1.29 is 4.39 Å². The van der Waals surface area contributed by atoms with Gasteiger partial charge in [-0.1, -0.05) is 0 Å². The highest BCUT2D eigenvalue weighted by Crippen LogP contribution is 2.37. The average molecular weight is 129 g/mol. The van der Waals surface area contributed by atoms with Crippen LogP contribution in [-0.4, -0.2) is 6.54 Å². The number of allylic oxidation sites excluding steroid dienone is 1. The Morgan fingerprint density at radius 3 is 2.56 bits per heavy atom. The fourth-order valence-corrected chi connectivity index (χ4v) is 0.899. The molecule has 0 aromatic heterocycles. The maximum atomic E-state index is 12.6. The molecule has 2 N–H and O–H groups in total. The molecule has 0 spiro atoms. The van der Waals surface area contributed by atoms with Crippen LogP contribution in [0.4, 0.5) is 4.39 Å². The summed E-state index contributed by atoms with van der Waals surface area (Å²) < 4.78 is 12.6. The molecule has 0 atom stereocenters. The van der Waals surface area contributed by atoms with E-state index in [0.717, 1.165) is 18.4 Å². The first-order valence-corrected chi connectivity index (χ1v) is 3.31. The van der Waals surface area contributed by atoms with Crippen molar-refractivity contribution in [3.8, 4) is 0 Å². The second-order valence-electron chi connectivity index (χ2n) is 2.57. The van der Waals surface area contributed by atoms with E-state index in [0.29, 0.717) is 5.92 Å². The van der Waals surface area contributed by atoms with Crippen LogP contribution in [0.3, 0.4) is 0 Å². The summed E-state index contributed by atoms with van der Waals surface area (Å²) in [6, 6.07) is 0. The highest BCUT2D eigenvalue weighted by Gasteiger charge is 2.25. The Kier molecular flexibility index (Phi) is 1.86. The molecular formula is C7H12FN. The molecule has 0 aromatic carbocycles. The Hall–Kier alpha value is -0.370. The molecule has 0 unspecified atom stereocenters. The summed E-state index contributed by atoms with van der Waals surface area (Å²) in [4.78, 5) is 0. The average Bonchev–Trinajstić information content (AvgIpc) is 2.66. The monoisotopic (exact) mass is 129 g/mol. The van der Waals surface area contributed by atoms with Crippen LogP contribution in [0.2, 0.25) is 0 Å². The van der Waals surface area contributed by atoms with Crippen LogP contribution in [0.1, 0.15) is 19.8 Å². The quantitative estimate of drug-likeness (QED) is 0.602. The van der Waals surface area contributed by atoms with Gasteiger partial charge in [0, 0.05) is 6.54 Å². The highest BCUT2D eigenvalue weighted by molar-refractivity contribution is 5.14. The van der Waals surface area contributed by atoms with E-state index in [9.17, 15) is 4.39 Å². The van der Waals surface area contributed by atoms with Gasteiger partial charge in [0.15, 0.2) is 0 Å². The van der Waals surface area contributed by atoms with E-state index in [2.05, 4.69) is 0 Å². The molecule has 1 aliphatic rings. The minimum absolute atomic E-state index is 0.0718. The number of hydrogen-bond donors (Lipinski definition) is 1. The minimum atomic E-state index is -0.113. The van der Waals surface area contributed by atoms with Crippen molar-refractivity contribution in [3.63, 3.8) is 0 Å². The van der Waals surface area contributed by atoms with Crippen LogP contribution in [0.25, 0.3) is 0 Å². The first-order valence-electron chi connectivity index (χ1n) is 3.31. The predicted molar refractivity (Wildman–Crippen MR) is 35.6 cm³/mol. The van der Waals surface area contributed by atoms with E-state index >= 15 is 0 Å². The van der Waals surface area contributed by atoms with Gasteiger partial charge < -0.3 is 5.73 Å². The molecule has 1 rings (SSSR count). The van der Waals surface area contributed by atoms with Crippen LogP contribution in [-0.2, 0) is 0 Å². The van der Waals surface area contributed by atoms with Crippen molar-refractivity contribution in [2.75, 3.05) is 6.54 Å². The van der Waals surface area contributed by atoms with E-state index in [1.54, 1.807) is 0 Å². The molecule has 0 saturated heterocycles. The molecule has 0 heterocycles. The van der Waals surface area contributed by atoms with Crippen LogP contribution in [0, 0.1) is 5.92 Å². The van der Waals surface area contributed by atoms with Gasteiger partial charge in [-0.15, -0.1) is 0 Å². The Bertz CT molecular complexity index is 136. The standard InChI is InChI=1S/C7H12FN/c1-5(6-2-3-6)7(8)4-9/h6H,2-4,9H2,1H3/b7-5+. The summed E-state index contributed by atoms with van der Waals surface area (Å²) in [5.41, 5.74) is 5.98. The van der Waals surface area contributed by atoms with Crippen molar-refractivity contribution in [1.82, 2.24) is 0 Å². The topological polar surface area (TPSA) is 26.0 Å². The van der Waals surface area contributed by atoms with E-state index in [-0.39, 0.29) is 12.4 Å². The van der Waals surface area contributed by atoms with Crippen LogP contribution in [0.15, 0.2) is 11.4 Å². The summed E-state index contributed by atoms with van der Waals surface area (Å²) in [6.07, 6.45) is 2.30. The lowest BCUT2D eigenvalue weighted by Crippen LogP contribution is -2.01. The maximum absolute atomic E-state index is 12.6. The molecule has 0 aromatic rings. The fourth-order valence-electron chi connectivity index (χ4n) is 0.899. The Balaban J connectivity index is 2.53. The van der Waals surface area contributed by atoms with E-state index < -0.39 is 0 Å². The summed E-state index contributed by atoms with van der Waals surface area (Å²) in [6.45, 7) is 1.90. The maximum Gasteiger partial charge on any atom is 0.113 e. The second kappa shape index (κ2) is 2.48. The largest absolute Gasteiger partial charge is 0.325 e. The molecule has 0 aliphatic heterocycles. The third-order valence-corrected chi connectivity index (χ3v) is 1.80. The molecule has 1 saturated carbocycles. The molecule has 1 fully saturated rings. The zero-order valence-corrected chi connectivity index (χ0v) is 5.65. The number of halogens is 1.